The van der Waals surface area contributed by atoms with Crippen LogP contribution in [0, 0.1) is 17.5 Å². The number of benzene rings is 1. The topological polar surface area (TPSA) is 37.0 Å². The molecule has 2 aromatic rings. The molecule has 0 saturated carbocycles. The maximum absolute atomic E-state index is 13.7. The summed E-state index contributed by atoms with van der Waals surface area (Å²) in [5.74, 6) is -2.22. The monoisotopic (exact) mass is 345 g/mol. The Morgan fingerprint density at radius 3 is 2.45 bits per heavy atom. The van der Waals surface area contributed by atoms with E-state index in [0.717, 1.165) is 6.07 Å². The van der Waals surface area contributed by atoms with E-state index in [1.165, 1.54) is 18.2 Å². The minimum atomic E-state index is -0.833. The maximum atomic E-state index is 13.7. The zero-order chi connectivity index (χ0) is 14.7. The molecule has 0 bridgehead atoms. The van der Waals surface area contributed by atoms with E-state index in [-0.39, 0.29) is 11.6 Å². The average molecular weight is 346 g/mol. The van der Waals surface area contributed by atoms with Gasteiger partial charge in [0.05, 0.1) is 5.69 Å². The van der Waals surface area contributed by atoms with Crippen LogP contribution in [-0.4, -0.2) is 11.5 Å². The highest BCUT2D eigenvalue weighted by atomic mass is 79.9. The largest absolute Gasteiger partial charge is 0.368 e. The highest BCUT2D eigenvalue weighted by molar-refractivity contribution is 9.10. The van der Waals surface area contributed by atoms with Gasteiger partial charge in [-0.2, -0.15) is 0 Å². The summed E-state index contributed by atoms with van der Waals surface area (Å²) in [6.07, 6.45) is 0. The molecule has 7 heteroatoms. The average Bonchev–Trinajstić information content (AvgIpc) is 2.38. The van der Waals surface area contributed by atoms with Crippen LogP contribution in [0.1, 0.15) is 6.92 Å². The summed E-state index contributed by atoms with van der Waals surface area (Å²) < 4.78 is 40.5. The summed E-state index contributed by atoms with van der Waals surface area (Å²) in [6, 6.07) is 4.62. The molecule has 0 fully saturated rings. The minimum Gasteiger partial charge on any atom is -0.368 e. The van der Waals surface area contributed by atoms with Crippen LogP contribution in [0.5, 0.6) is 0 Å². The van der Waals surface area contributed by atoms with E-state index in [9.17, 15) is 13.2 Å². The van der Waals surface area contributed by atoms with Gasteiger partial charge in [-0.25, -0.2) is 18.2 Å². The van der Waals surface area contributed by atoms with E-state index >= 15 is 0 Å². The van der Waals surface area contributed by atoms with Gasteiger partial charge in [-0.1, -0.05) is 0 Å². The quantitative estimate of drug-likeness (QED) is 0.860. The number of halogens is 4. The van der Waals surface area contributed by atoms with Gasteiger partial charge in [0.1, 0.15) is 5.82 Å². The third-order valence-electron chi connectivity index (χ3n) is 2.46. The standard InChI is InChI=1S/C13H11BrF3N3/c1-2-18-12-9(16)6-10(17)13(20-12)19-11-4-3-7(15)5-8(11)14/h3-6H,2H2,1H3,(H2,18,19,20). The lowest BCUT2D eigenvalue weighted by molar-refractivity contribution is 0.579. The molecule has 0 aliphatic rings. The number of aromatic nitrogens is 1. The molecule has 1 aromatic carbocycles. The molecular formula is C13H11BrF3N3. The molecule has 0 saturated heterocycles. The lowest BCUT2D eigenvalue weighted by atomic mass is 10.3. The highest BCUT2D eigenvalue weighted by Crippen LogP contribution is 2.28. The Morgan fingerprint density at radius 2 is 1.80 bits per heavy atom. The molecule has 0 aliphatic carbocycles. The number of rotatable bonds is 4. The summed E-state index contributed by atoms with van der Waals surface area (Å²) in [4.78, 5) is 3.83. The minimum absolute atomic E-state index is 0.0466. The molecule has 0 spiro atoms. The Labute approximate surface area is 122 Å². The van der Waals surface area contributed by atoms with E-state index in [0.29, 0.717) is 16.7 Å². The van der Waals surface area contributed by atoms with Gasteiger partial charge in [-0.3, -0.25) is 0 Å². The van der Waals surface area contributed by atoms with Crippen molar-refractivity contribution in [3.8, 4) is 0 Å². The van der Waals surface area contributed by atoms with Crippen molar-refractivity contribution >= 4 is 33.3 Å². The summed E-state index contributed by atoms with van der Waals surface area (Å²) in [7, 11) is 0. The molecule has 3 nitrogen and oxygen atoms in total. The van der Waals surface area contributed by atoms with Gasteiger partial charge in [-0.15, -0.1) is 0 Å². The first kappa shape index (κ1) is 14.6. The maximum Gasteiger partial charge on any atom is 0.169 e. The number of nitrogens with zero attached hydrogens (tertiary/aromatic N) is 1. The predicted molar refractivity (Wildman–Crippen MR) is 75.7 cm³/mol. The Kier molecular flexibility index (Phi) is 4.49. The summed E-state index contributed by atoms with van der Waals surface area (Å²) >= 11 is 3.15. The van der Waals surface area contributed by atoms with Crippen molar-refractivity contribution in [3.63, 3.8) is 0 Å². The Hall–Kier alpha value is -1.76. The van der Waals surface area contributed by atoms with Crippen LogP contribution in [0.3, 0.4) is 0 Å². The SMILES string of the molecule is CCNc1nc(Nc2ccc(F)cc2Br)c(F)cc1F. The molecular weight excluding hydrogens is 335 g/mol. The Morgan fingerprint density at radius 1 is 1.10 bits per heavy atom. The fraction of sp³-hybridized carbons (Fsp3) is 0.154. The number of hydrogen-bond acceptors (Lipinski definition) is 3. The van der Waals surface area contributed by atoms with Crippen LogP contribution in [0.2, 0.25) is 0 Å². The number of nitrogens with one attached hydrogen (secondary N) is 2. The number of anilines is 3. The van der Waals surface area contributed by atoms with Crippen molar-refractivity contribution in [3.05, 3.63) is 46.2 Å². The second-order valence-electron chi connectivity index (χ2n) is 3.93. The Balaban J connectivity index is 2.35. The van der Waals surface area contributed by atoms with Gasteiger partial charge in [0.2, 0.25) is 0 Å². The summed E-state index contributed by atoms with van der Waals surface area (Å²) in [5.41, 5.74) is 0.423. The van der Waals surface area contributed by atoms with Gasteiger partial charge < -0.3 is 10.6 Å². The molecule has 1 aromatic heterocycles. The van der Waals surface area contributed by atoms with Crippen molar-refractivity contribution in [2.24, 2.45) is 0 Å². The molecule has 0 amide bonds. The van der Waals surface area contributed by atoms with Crippen LogP contribution in [0.15, 0.2) is 28.7 Å². The normalized spacial score (nSPS) is 10.4. The summed E-state index contributed by atoms with van der Waals surface area (Å²) in [6.45, 7) is 2.23. The van der Waals surface area contributed by atoms with Gasteiger partial charge in [0.25, 0.3) is 0 Å². The molecule has 2 rings (SSSR count). The fourth-order valence-electron chi connectivity index (χ4n) is 1.56. The van der Waals surface area contributed by atoms with Gasteiger partial charge >= 0.3 is 0 Å². The molecule has 20 heavy (non-hydrogen) atoms. The van der Waals surface area contributed by atoms with E-state index < -0.39 is 17.5 Å². The molecule has 106 valence electrons. The first-order valence-electron chi connectivity index (χ1n) is 5.83. The fourth-order valence-corrected chi connectivity index (χ4v) is 2.01. The van der Waals surface area contributed by atoms with Crippen molar-refractivity contribution < 1.29 is 13.2 Å². The van der Waals surface area contributed by atoms with Crippen LogP contribution < -0.4 is 10.6 Å². The first-order chi connectivity index (χ1) is 9.51. The third-order valence-corrected chi connectivity index (χ3v) is 3.11. The molecule has 0 aliphatic heterocycles. The van der Waals surface area contributed by atoms with E-state index in [2.05, 4.69) is 31.5 Å². The van der Waals surface area contributed by atoms with Crippen LogP contribution in [0.25, 0.3) is 0 Å². The third kappa shape index (κ3) is 3.22. The van der Waals surface area contributed by atoms with Gasteiger partial charge in [-0.05, 0) is 41.1 Å². The number of hydrogen-bond donors (Lipinski definition) is 2. The molecule has 2 N–H and O–H groups in total. The van der Waals surface area contributed by atoms with E-state index in [1.807, 2.05) is 0 Å². The van der Waals surface area contributed by atoms with Crippen molar-refractivity contribution in [2.45, 2.75) is 6.92 Å². The molecule has 0 unspecified atom stereocenters. The zero-order valence-corrected chi connectivity index (χ0v) is 12.1. The van der Waals surface area contributed by atoms with Crippen LogP contribution in [0.4, 0.5) is 30.5 Å². The second-order valence-corrected chi connectivity index (χ2v) is 4.78. The second kappa shape index (κ2) is 6.13. The van der Waals surface area contributed by atoms with Crippen molar-refractivity contribution in [1.82, 2.24) is 4.98 Å². The molecule has 0 atom stereocenters. The lowest BCUT2D eigenvalue weighted by Crippen LogP contribution is -2.06. The van der Waals surface area contributed by atoms with Gasteiger partial charge in [0, 0.05) is 17.1 Å². The van der Waals surface area contributed by atoms with E-state index in [1.54, 1.807) is 6.92 Å². The van der Waals surface area contributed by atoms with Crippen LogP contribution in [-0.2, 0) is 0 Å². The number of pyridine rings is 1. The zero-order valence-electron chi connectivity index (χ0n) is 10.5. The van der Waals surface area contributed by atoms with Crippen molar-refractivity contribution in [2.75, 3.05) is 17.2 Å². The van der Waals surface area contributed by atoms with E-state index in [4.69, 9.17) is 0 Å². The van der Waals surface area contributed by atoms with Crippen LogP contribution >= 0.6 is 15.9 Å². The molecule has 0 radical (unpaired) electrons. The van der Waals surface area contributed by atoms with Crippen molar-refractivity contribution in [1.29, 1.82) is 0 Å². The predicted octanol–water partition coefficient (Wildman–Crippen LogP) is 4.44. The highest BCUT2D eigenvalue weighted by Gasteiger charge is 2.12. The lowest BCUT2D eigenvalue weighted by Gasteiger charge is -2.11. The summed E-state index contributed by atoms with van der Waals surface area (Å²) in [5, 5.41) is 5.38. The molecule has 1 heterocycles. The van der Waals surface area contributed by atoms with Gasteiger partial charge in [0.15, 0.2) is 23.3 Å². The first-order valence-corrected chi connectivity index (χ1v) is 6.62. The Bertz CT molecular complexity index is 634. The smallest absolute Gasteiger partial charge is 0.169 e.